The summed E-state index contributed by atoms with van der Waals surface area (Å²) >= 11 is 1.50. The van der Waals surface area contributed by atoms with E-state index in [4.69, 9.17) is 10.5 Å². The van der Waals surface area contributed by atoms with Crippen LogP contribution in [0.1, 0.15) is 17.8 Å². The van der Waals surface area contributed by atoms with E-state index in [9.17, 15) is 4.79 Å². The summed E-state index contributed by atoms with van der Waals surface area (Å²) in [7, 11) is 0. The number of thiophene rings is 1. The molecule has 19 heavy (non-hydrogen) atoms. The van der Waals surface area contributed by atoms with Gasteiger partial charge in [-0.1, -0.05) is 13.0 Å². The molecule has 2 rings (SSSR count). The van der Waals surface area contributed by atoms with Crippen molar-refractivity contribution in [3.63, 3.8) is 0 Å². The van der Waals surface area contributed by atoms with E-state index < -0.39 is 6.04 Å². The molecule has 2 heterocycles. The SMILES string of the molecule is CCN1CCOC(CNC(=O)C(N)c2cccs2)C1. The van der Waals surface area contributed by atoms with Crippen LogP contribution in [0.5, 0.6) is 0 Å². The predicted octanol–water partition coefficient (Wildman–Crippen LogP) is 0.585. The van der Waals surface area contributed by atoms with Crippen LogP contribution in [-0.2, 0) is 9.53 Å². The standard InChI is InChI=1S/C13H21N3O2S/c1-2-16-5-6-18-10(9-16)8-15-13(17)12(14)11-4-3-7-19-11/h3-4,7,10,12H,2,5-6,8-9,14H2,1H3,(H,15,17). The Morgan fingerprint density at radius 2 is 2.58 bits per heavy atom. The van der Waals surface area contributed by atoms with Crippen molar-refractivity contribution in [2.24, 2.45) is 5.73 Å². The molecule has 6 heteroatoms. The Balaban J connectivity index is 1.77. The zero-order chi connectivity index (χ0) is 13.7. The zero-order valence-corrected chi connectivity index (χ0v) is 12.0. The van der Waals surface area contributed by atoms with Crippen molar-refractivity contribution in [2.45, 2.75) is 19.1 Å². The lowest BCUT2D eigenvalue weighted by atomic mass is 10.2. The lowest BCUT2D eigenvalue weighted by molar-refractivity contribution is -0.123. The normalized spacial score (nSPS) is 22.1. The fraction of sp³-hybridized carbons (Fsp3) is 0.615. The molecule has 0 bridgehead atoms. The van der Waals surface area contributed by atoms with E-state index in [2.05, 4.69) is 17.1 Å². The summed E-state index contributed by atoms with van der Waals surface area (Å²) in [4.78, 5) is 15.1. The third kappa shape index (κ3) is 4.01. The van der Waals surface area contributed by atoms with Gasteiger partial charge in [-0.2, -0.15) is 0 Å². The van der Waals surface area contributed by atoms with Crippen LogP contribution in [0.4, 0.5) is 0 Å². The first kappa shape index (κ1) is 14.5. The second-order valence-corrected chi connectivity index (χ2v) is 5.60. The number of nitrogens with zero attached hydrogens (tertiary/aromatic N) is 1. The average Bonchev–Trinajstić information content (AvgIpc) is 2.98. The second-order valence-electron chi connectivity index (χ2n) is 4.62. The summed E-state index contributed by atoms with van der Waals surface area (Å²) in [5.74, 6) is -0.139. The van der Waals surface area contributed by atoms with Gasteiger partial charge in [0.05, 0.1) is 12.7 Å². The number of likely N-dealkylation sites (N-methyl/N-ethyl adjacent to an activating group) is 1. The summed E-state index contributed by atoms with van der Waals surface area (Å²) in [6, 6.07) is 3.20. The monoisotopic (exact) mass is 283 g/mol. The molecule has 1 fully saturated rings. The molecule has 0 saturated carbocycles. The number of hydrogen-bond donors (Lipinski definition) is 2. The van der Waals surface area contributed by atoms with Crippen LogP contribution < -0.4 is 11.1 Å². The van der Waals surface area contributed by atoms with Gasteiger partial charge in [0, 0.05) is 24.5 Å². The highest BCUT2D eigenvalue weighted by Crippen LogP contribution is 2.16. The number of hydrogen-bond acceptors (Lipinski definition) is 5. The van der Waals surface area contributed by atoms with Gasteiger partial charge in [-0.15, -0.1) is 11.3 Å². The first-order chi connectivity index (χ1) is 9.20. The average molecular weight is 283 g/mol. The molecule has 106 valence electrons. The Kier molecular flexibility index (Phi) is 5.33. The number of carbonyl (C=O) groups excluding carboxylic acids is 1. The topological polar surface area (TPSA) is 67.6 Å². The van der Waals surface area contributed by atoms with Crippen LogP contribution >= 0.6 is 11.3 Å². The molecular formula is C13H21N3O2S. The molecule has 2 unspecified atom stereocenters. The summed E-state index contributed by atoms with van der Waals surface area (Å²) in [5, 5.41) is 4.80. The van der Waals surface area contributed by atoms with Crippen LogP contribution in [0.15, 0.2) is 17.5 Å². The van der Waals surface area contributed by atoms with Gasteiger partial charge < -0.3 is 15.8 Å². The van der Waals surface area contributed by atoms with Gasteiger partial charge >= 0.3 is 0 Å². The highest BCUT2D eigenvalue weighted by Gasteiger charge is 2.22. The molecule has 5 nitrogen and oxygen atoms in total. The molecule has 1 aromatic heterocycles. The Bertz CT molecular complexity index is 397. The van der Waals surface area contributed by atoms with E-state index in [0.717, 1.165) is 31.1 Å². The molecule has 1 aliphatic heterocycles. The fourth-order valence-electron chi connectivity index (χ4n) is 2.11. The first-order valence-corrected chi connectivity index (χ1v) is 7.49. The van der Waals surface area contributed by atoms with Crippen molar-refractivity contribution in [3.8, 4) is 0 Å². The maximum atomic E-state index is 11.9. The molecule has 2 atom stereocenters. The Morgan fingerprint density at radius 3 is 3.26 bits per heavy atom. The van der Waals surface area contributed by atoms with Crippen LogP contribution in [0.2, 0.25) is 0 Å². The number of ether oxygens (including phenoxy) is 1. The third-order valence-electron chi connectivity index (χ3n) is 3.31. The Hall–Kier alpha value is -0.950. The minimum atomic E-state index is -0.578. The number of morpholine rings is 1. The molecular weight excluding hydrogens is 262 g/mol. The number of rotatable bonds is 5. The lowest BCUT2D eigenvalue weighted by Crippen LogP contribution is -2.48. The van der Waals surface area contributed by atoms with Crippen molar-refractivity contribution in [1.29, 1.82) is 0 Å². The quantitative estimate of drug-likeness (QED) is 0.830. The number of carbonyl (C=O) groups is 1. The molecule has 0 spiro atoms. The van der Waals surface area contributed by atoms with Gasteiger partial charge in [0.1, 0.15) is 6.04 Å². The van der Waals surface area contributed by atoms with Crippen molar-refractivity contribution >= 4 is 17.2 Å². The summed E-state index contributed by atoms with van der Waals surface area (Å²) in [6.45, 7) is 6.23. The molecule has 1 aliphatic rings. The number of amides is 1. The molecule has 0 aliphatic carbocycles. The summed E-state index contributed by atoms with van der Waals surface area (Å²) in [5.41, 5.74) is 5.90. The highest BCUT2D eigenvalue weighted by atomic mass is 32.1. The van der Waals surface area contributed by atoms with E-state index in [-0.39, 0.29) is 12.0 Å². The van der Waals surface area contributed by atoms with Gasteiger partial charge in [-0.05, 0) is 18.0 Å². The van der Waals surface area contributed by atoms with Crippen LogP contribution in [-0.4, -0.2) is 49.7 Å². The minimum Gasteiger partial charge on any atom is -0.374 e. The van der Waals surface area contributed by atoms with Gasteiger partial charge in [0.2, 0.25) is 5.91 Å². The Morgan fingerprint density at radius 1 is 1.74 bits per heavy atom. The molecule has 0 radical (unpaired) electrons. The van der Waals surface area contributed by atoms with Crippen molar-refractivity contribution in [3.05, 3.63) is 22.4 Å². The molecule has 3 N–H and O–H groups in total. The van der Waals surface area contributed by atoms with E-state index in [1.54, 1.807) is 0 Å². The first-order valence-electron chi connectivity index (χ1n) is 6.61. The minimum absolute atomic E-state index is 0.0631. The maximum absolute atomic E-state index is 11.9. The fourth-order valence-corrected chi connectivity index (χ4v) is 2.84. The van der Waals surface area contributed by atoms with Gasteiger partial charge in [0.15, 0.2) is 0 Å². The lowest BCUT2D eigenvalue weighted by Gasteiger charge is -2.32. The van der Waals surface area contributed by atoms with Crippen LogP contribution in [0.25, 0.3) is 0 Å². The Labute approximate surface area is 117 Å². The molecule has 1 aromatic rings. The van der Waals surface area contributed by atoms with E-state index in [1.807, 2.05) is 17.5 Å². The predicted molar refractivity (Wildman–Crippen MR) is 76.1 cm³/mol. The van der Waals surface area contributed by atoms with Crippen molar-refractivity contribution in [1.82, 2.24) is 10.2 Å². The van der Waals surface area contributed by atoms with E-state index >= 15 is 0 Å². The number of nitrogens with two attached hydrogens (primary N) is 1. The van der Waals surface area contributed by atoms with Crippen molar-refractivity contribution in [2.75, 3.05) is 32.8 Å². The van der Waals surface area contributed by atoms with Crippen molar-refractivity contribution < 1.29 is 9.53 Å². The molecule has 1 amide bonds. The molecule has 1 saturated heterocycles. The van der Waals surface area contributed by atoms with E-state index in [1.165, 1.54) is 11.3 Å². The molecule has 0 aromatic carbocycles. The van der Waals surface area contributed by atoms with Gasteiger partial charge in [-0.25, -0.2) is 0 Å². The number of nitrogens with one attached hydrogen (secondary N) is 1. The van der Waals surface area contributed by atoms with E-state index in [0.29, 0.717) is 6.54 Å². The second kappa shape index (κ2) is 7.00. The summed E-state index contributed by atoms with van der Waals surface area (Å²) in [6.07, 6.45) is 0.0631. The zero-order valence-electron chi connectivity index (χ0n) is 11.2. The maximum Gasteiger partial charge on any atom is 0.242 e. The van der Waals surface area contributed by atoms with Crippen LogP contribution in [0, 0.1) is 0 Å². The highest BCUT2D eigenvalue weighted by molar-refractivity contribution is 7.10. The van der Waals surface area contributed by atoms with Gasteiger partial charge in [0.25, 0.3) is 0 Å². The van der Waals surface area contributed by atoms with Crippen LogP contribution in [0.3, 0.4) is 0 Å². The van der Waals surface area contributed by atoms with Gasteiger partial charge in [-0.3, -0.25) is 9.69 Å². The third-order valence-corrected chi connectivity index (χ3v) is 4.26. The summed E-state index contributed by atoms with van der Waals surface area (Å²) < 4.78 is 5.64. The largest absolute Gasteiger partial charge is 0.374 e. The smallest absolute Gasteiger partial charge is 0.242 e.